The minimum atomic E-state index is -4.59. The number of hydrogen-bond donors (Lipinski definition) is 1. The first kappa shape index (κ1) is 20.5. The maximum absolute atomic E-state index is 12.9. The number of aromatic nitrogens is 3. The van der Waals surface area contributed by atoms with Crippen LogP contribution in [0.2, 0.25) is 5.02 Å². The molecule has 1 aromatic carbocycles. The number of carbonyl (C=O) groups excluding carboxylic acids is 1. The quantitative estimate of drug-likeness (QED) is 0.684. The zero-order valence-electron chi connectivity index (χ0n) is 14.9. The highest BCUT2D eigenvalue weighted by Gasteiger charge is 2.31. The summed E-state index contributed by atoms with van der Waals surface area (Å²) in [4.78, 5) is 28.7. The summed E-state index contributed by atoms with van der Waals surface area (Å²) in [6.45, 7) is 1.40. The number of pyridine rings is 1. The minimum absolute atomic E-state index is 0.0667. The first-order chi connectivity index (χ1) is 13.7. The van der Waals surface area contributed by atoms with Crippen LogP contribution >= 0.6 is 11.6 Å². The summed E-state index contributed by atoms with van der Waals surface area (Å²) in [5, 5.41) is 6.43. The molecule has 0 aliphatic carbocycles. The number of rotatable bonds is 4. The maximum Gasteiger partial charge on any atom is 0.416 e. The van der Waals surface area contributed by atoms with Crippen LogP contribution in [0.1, 0.15) is 18.5 Å². The Morgan fingerprint density at radius 1 is 1.21 bits per heavy atom. The molecular weight excluding hydrogens is 409 g/mol. The van der Waals surface area contributed by atoms with Crippen LogP contribution in [0.25, 0.3) is 11.3 Å². The van der Waals surface area contributed by atoms with E-state index in [0.29, 0.717) is 11.3 Å². The largest absolute Gasteiger partial charge is 0.416 e. The van der Waals surface area contributed by atoms with E-state index in [4.69, 9.17) is 11.6 Å². The van der Waals surface area contributed by atoms with E-state index in [1.165, 1.54) is 19.1 Å². The maximum atomic E-state index is 12.9. The van der Waals surface area contributed by atoms with Gasteiger partial charge < -0.3 is 5.32 Å². The number of carbonyl (C=O) groups is 1. The van der Waals surface area contributed by atoms with Crippen molar-refractivity contribution in [2.45, 2.75) is 19.1 Å². The van der Waals surface area contributed by atoms with Gasteiger partial charge in [-0.3, -0.25) is 14.6 Å². The first-order valence-electron chi connectivity index (χ1n) is 8.34. The van der Waals surface area contributed by atoms with E-state index in [-0.39, 0.29) is 10.7 Å². The molecule has 1 atom stereocenters. The van der Waals surface area contributed by atoms with Gasteiger partial charge in [0, 0.05) is 24.0 Å². The molecule has 0 spiro atoms. The Labute approximate surface area is 168 Å². The second kappa shape index (κ2) is 8.04. The van der Waals surface area contributed by atoms with Crippen LogP contribution in [0.5, 0.6) is 0 Å². The average molecular weight is 423 g/mol. The van der Waals surface area contributed by atoms with Gasteiger partial charge in [0.15, 0.2) is 0 Å². The average Bonchev–Trinajstić information content (AvgIpc) is 2.69. The second-order valence-corrected chi connectivity index (χ2v) is 6.51. The van der Waals surface area contributed by atoms with Crippen molar-refractivity contribution in [3.05, 3.63) is 75.8 Å². The van der Waals surface area contributed by atoms with Crippen molar-refractivity contribution in [3.63, 3.8) is 0 Å². The van der Waals surface area contributed by atoms with E-state index >= 15 is 0 Å². The molecular formula is C19H14ClF3N4O2. The van der Waals surface area contributed by atoms with Crippen molar-refractivity contribution in [2.24, 2.45) is 0 Å². The molecule has 0 bridgehead atoms. The van der Waals surface area contributed by atoms with Gasteiger partial charge >= 0.3 is 6.18 Å². The predicted octanol–water partition coefficient (Wildman–Crippen LogP) is 4.18. The van der Waals surface area contributed by atoms with E-state index in [9.17, 15) is 22.8 Å². The fraction of sp³-hybridized carbons (Fsp3) is 0.158. The number of amides is 1. The Morgan fingerprint density at radius 3 is 2.62 bits per heavy atom. The van der Waals surface area contributed by atoms with Crippen molar-refractivity contribution in [1.82, 2.24) is 14.8 Å². The van der Waals surface area contributed by atoms with Gasteiger partial charge in [-0.2, -0.15) is 18.3 Å². The lowest BCUT2D eigenvalue weighted by atomic mass is 10.2. The zero-order chi connectivity index (χ0) is 21.2. The Hall–Kier alpha value is -3.20. The number of halogens is 4. The van der Waals surface area contributed by atoms with Gasteiger partial charge in [0.2, 0.25) is 5.91 Å². The molecule has 0 aliphatic heterocycles. The van der Waals surface area contributed by atoms with E-state index in [2.05, 4.69) is 15.4 Å². The van der Waals surface area contributed by atoms with Gasteiger partial charge in [-0.05, 0) is 43.3 Å². The van der Waals surface area contributed by atoms with Crippen LogP contribution in [-0.2, 0) is 11.0 Å². The summed E-state index contributed by atoms with van der Waals surface area (Å²) in [6.07, 6.45) is -1.47. The molecule has 1 unspecified atom stereocenters. The van der Waals surface area contributed by atoms with Crippen LogP contribution in [0.15, 0.2) is 59.7 Å². The molecule has 3 aromatic rings. The van der Waals surface area contributed by atoms with Gasteiger partial charge in [0.05, 0.1) is 22.0 Å². The lowest BCUT2D eigenvalue weighted by molar-refractivity contribution is -0.137. The molecule has 2 heterocycles. The van der Waals surface area contributed by atoms with Crippen LogP contribution in [0.3, 0.4) is 0 Å². The SMILES string of the molecule is CC(C(=O)Nc1cc(C(F)(F)F)ccc1Cl)n1nc(-c2cccnc2)ccc1=O. The molecule has 6 nitrogen and oxygen atoms in total. The molecule has 1 N–H and O–H groups in total. The molecule has 10 heteroatoms. The number of nitrogens with one attached hydrogen (secondary N) is 1. The van der Waals surface area contributed by atoms with Crippen LogP contribution < -0.4 is 10.9 Å². The van der Waals surface area contributed by atoms with Gasteiger partial charge in [-0.25, -0.2) is 4.68 Å². The Bertz CT molecular complexity index is 1100. The Morgan fingerprint density at radius 2 is 1.97 bits per heavy atom. The molecule has 0 fully saturated rings. The van der Waals surface area contributed by atoms with Crippen LogP contribution in [0.4, 0.5) is 18.9 Å². The van der Waals surface area contributed by atoms with Gasteiger partial charge in [0.25, 0.3) is 5.56 Å². The van der Waals surface area contributed by atoms with E-state index in [1.54, 1.807) is 24.5 Å². The monoisotopic (exact) mass is 422 g/mol. The number of hydrogen-bond acceptors (Lipinski definition) is 4. The fourth-order valence-corrected chi connectivity index (χ4v) is 2.68. The number of anilines is 1. The normalized spacial score (nSPS) is 12.4. The van der Waals surface area contributed by atoms with Crippen molar-refractivity contribution in [3.8, 4) is 11.3 Å². The van der Waals surface area contributed by atoms with Gasteiger partial charge in [0.1, 0.15) is 6.04 Å². The summed E-state index contributed by atoms with van der Waals surface area (Å²) < 4.78 is 39.7. The molecule has 2 aromatic heterocycles. The molecule has 0 radical (unpaired) electrons. The van der Waals surface area contributed by atoms with Crippen LogP contribution in [0, 0.1) is 0 Å². The third kappa shape index (κ3) is 4.62. The van der Waals surface area contributed by atoms with Crippen molar-refractivity contribution >= 4 is 23.2 Å². The van der Waals surface area contributed by atoms with Crippen LogP contribution in [-0.4, -0.2) is 20.7 Å². The summed E-state index contributed by atoms with van der Waals surface area (Å²) in [5.41, 5.74) is -0.673. The minimum Gasteiger partial charge on any atom is -0.323 e. The lowest BCUT2D eigenvalue weighted by Crippen LogP contribution is -2.33. The van der Waals surface area contributed by atoms with E-state index < -0.39 is 29.2 Å². The number of alkyl halides is 3. The predicted molar refractivity (Wildman–Crippen MR) is 102 cm³/mol. The molecule has 29 heavy (non-hydrogen) atoms. The fourth-order valence-electron chi connectivity index (χ4n) is 2.52. The standard InChI is InChI=1S/C19H14ClF3N4O2/c1-11(18(29)25-16-9-13(19(21,22)23)4-5-14(16)20)27-17(28)7-6-15(26-27)12-3-2-8-24-10-12/h2-11H,1H3,(H,25,29). The Balaban J connectivity index is 1.89. The number of benzene rings is 1. The lowest BCUT2D eigenvalue weighted by Gasteiger charge is -2.16. The Kier molecular flexibility index (Phi) is 5.69. The zero-order valence-corrected chi connectivity index (χ0v) is 15.7. The topological polar surface area (TPSA) is 76.9 Å². The third-order valence-electron chi connectivity index (χ3n) is 4.08. The molecule has 0 saturated heterocycles. The third-order valence-corrected chi connectivity index (χ3v) is 4.41. The number of nitrogens with zero attached hydrogens (tertiary/aromatic N) is 3. The van der Waals surface area contributed by atoms with Crippen molar-refractivity contribution in [2.75, 3.05) is 5.32 Å². The summed E-state index contributed by atoms with van der Waals surface area (Å²) in [6, 6.07) is 7.64. The summed E-state index contributed by atoms with van der Waals surface area (Å²) in [7, 11) is 0. The van der Waals surface area contributed by atoms with Crippen molar-refractivity contribution < 1.29 is 18.0 Å². The highest BCUT2D eigenvalue weighted by atomic mass is 35.5. The van der Waals surface area contributed by atoms with E-state index in [1.807, 2.05) is 0 Å². The highest BCUT2D eigenvalue weighted by molar-refractivity contribution is 6.33. The molecule has 150 valence electrons. The highest BCUT2D eigenvalue weighted by Crippen LogP contribution is 2.34. The summed E-state index contributed by atoms with van der Waals surface area (Å²) in [5.74, 6) is -0.746. The molecule has 3 rings (SSSR count). The first-order valence-corrected chi connectivity index (χ1v) is 8.72. The molecule has 0 saturated carbocycles. The second-order valence-electron chi connectivity index (χ2n) is 6.10. The van der Waals surface area contributed by atoms with Crippen molar-refractivity contribution in [1.29, 1.82) is 0 Å². The smallest absolute Gasteiger partial charge is 0.323 e. The van der Waals surface area contributed by atoms with Gasteiger partial charge in [-0.15, -0.1) is 0 Å². The summed E-state index contributed by atoms with van der Waals surface area (Å²) >= 11 is 5.90. The van der Waals surface area contributed by atoms with E-state index in [0.717, 1.165) is 22.9 Å². The molecule has 0 aliphatic rings. The van der Waals surface area contributed by atoms with Gasteiger partial charge in [-0.1, -0.05) is 11.6 Å². The molecule has 1 amide bonds.